The van der Waals surface area contributed by atoms with Crippen molar-refractivity contribution in [2.45, 2.75) is 46.1 Å². The van der Waals surface area contributed by atoms with Gasteiger partial charge in [-0.1, -0.05) is 20.3 Å². The minimum absolute atomic E-state index is 0.298. The fraction of sp³-hybridized carbons (Fsp3) is 0.769. The summed E-state index contributed by atoms with van der Waals surface area (Å²) in [6.45, 7) is 6.53. The molecular formula is C13H24N2OS. The van der Waals surface area contributed by atoms with E-state index in [1.54, 1.807) is 11.3 Å². The molecule has 0 aliphatic heterocycles. The van der Waals surface area contributed by atoms with Gasteiger partial charge >= 0.3 is 0 Å². The lowest BCUT2D eigenvalue weighted by atomic mass is 10.0. The van der Waals surface area contributed by atoms with Gasteiger partial charge in [0.05, 0.1) is 5.01 Å². The molecule has 1 aromatic heterocycles. The van der Waals surface area contributed by atoms with E-state index in [4.69, 9.17) is 5.11 Å². The Morgan fingerprint density at radius 1 is 1.41 bits per heavy atom. The number of hydrogen-bond acceptors (Lipinski definition) is 4. The number of aromatic nitrogens is 1. The number of aliphatic hydroxyl groups is 1. The predicted octanol–water partition coefficient (Wildman–Crippen LogP) is 2.59. The summed E-state index contributed by atoms with van der Waals surface area (Å²) >= 11 is 1.79. The van der Waals surface area contributed by atoms with Crippen LogP contribution in [-0.4, -0.2) is 23.2 Å². The van der Waals surface area contributed by atoms with Crippen LogP contribution in [0.5, 0.6) is 0 Å². The predicted molar refractivity (Wildman–Crippen MR) is 73.3 cm³/mol. The van der Waals surface area contributed by atoms with Crippen molar-refractivity contribution in [3.8, 4) is 0 Å². The van der Waals surface area contributed by atoms with Gasteiger partial charge in [-0.25, -0.2) is 4.98 Å². The molecule has 1 atom stereocenters. The molecule has 1 aromatic rings. The van der Waals surface area contributed by atoms with Crippen LogP contribution in [0.25, 0.3) is 0 Å². The normalized spacial score (nSPS) is 12.9. The van der Waals surface area contributed by atoms with E-state index in [-0.39, 0.29) is 0 Å². The van der Waals surface area contributed by atoms with Gasteiger partial charge in [0.2, 0.25) is 0 Å². The number of rotatable bonds is 9. The SMILES string of the molecule is CCCC(CCO)CNCc1cnc(CC)s1. The molecule has 0 radical (unpaired) electrons. The van der Waals surface area contributed by atoms with Crippen LogP contribution in [-0.2, 0) is 13.0 Å². The molecule has 0 aromatic carbocycles. The van der Waals surface area contributed by atoms with Crippen molar-refractivity contribution in [3.63, 3.8) is 0 Å². The molecule has 1 unspecified atom stereocenters. The molecule has 0 saturated heterocycles. The molecule has 0 amide bonds. The molecule has 3 nitrogen and oxygen atoms in total. The first-order valence-electron chi connectivity index (χ1n) is 6.55. The number of aryl methyl sites for hydroxylation is 1. The highest BCUT2D eigenvalue weighted by Gasteiger charge is 2.07. The van der Waals surface area contributed by atoms with Gasteiger partial charge in [0.1, 0.15) is 0 Å². The van der Waals surface area contributed by atoms with Crippen molar-refractivity contribution in [2.24, 2.45) is 5.92 Å². The minimum atomic E-state index is 0.298. The number of aliphatic hydroxyl groups excluding tert-OH is 1. The summed E-state index contributed by atoms with van der Waals surface area (Å²) in [4.78, 5) is 5.65. The molecule has 98 valence electrons. The highest BCUT2D eigenvalue weighted by Crippen LogP contribution is 2.14. The van der Waals surface area contributed by atoms with Crippen molar-refractivity contribution in [2.75, 3.05) is 13.2 Å². The molecule has 17 heavy (non-hydrogen) atoms. The summed E-state index contributed by atoms with van der Waals surface area (Å²) in [5, 5.41) is 13.7. The second-order valence-corrected chi connectivity index (χ2v) is 5.57. The topological polar surface area (TPSA) is 45.1 Å². The molecular weight excluding hydrogens is 232 g/mol. The van der Waals surface area contributed by atoms with Crippen LogP contribution in [0, 0.1) is 5.92 Å². The fourth-order valence-electron chi connectivity index (χ4n) is 1.93. The summed E-state index contributed by atoms with van der Waals surface area (Å²) in [6, 6.07) is 0. The Hall–Kier alpha value is -0.450. The first-order valence-corrected chi connectivity index (χ1v) is 7.36. The monoisotopic (exact) mass is 256 g/mol. The first-order chi connectivity index (χ1) is 8.30. The molecule has 1 heterocycles. The van der Waals surface area contributed by atoms with Crippen LogP contribution in [0.1, 0.15) is 43.0 Å². The maximum absolute atomic E-state index is 8.98. The van der Waals surface area contributed by atoms with Crippen molar-refractivity contribution < 1.29 is 5.11 Å². The van der Waals surface area contributed by atoms with Crippen LogP contribution < -0.4 is 5.32 Å². The standard InChI is InChI=1S/C13H24N2OS/c1-3-5-11(6-7-16)8-14-9-12-10-15-13(4-2)17-12/h10-11,14,16H,3-9H2,1-2H3. The zero-order valence-electron chi connectivity index (χ0n) is 10.9. The summed E-state index contributed by atoms with van der Waals surface area (Å²) in [7, 11) is 0. The lowest BCUT2D eigenvalue weighted by Gasteiger charge is -2.15. The van der Waals surface area contributed by atoms with Crippen molar-refractivity contribution in [3.05, 3.63) is 16.1 Å². The Labute approximate surface area is 108 Å². The molecule has 0 saturated carbocycles. The number of hydrogen-bond donors (Lipinski definition) is 2. The van der Waals surface area contributed by atoms with Gasteiger partial charge in [-0.3, -0.25) is 0 Å². The third-order valence-corrected chi connectivity index (χ3v) is 4.01. The van der Waals surface area contributed by atoms with Crippen molar-refractivity contribution in [1.82, 2.24) is 10.3 Å². The van der Waals surface area contributed by atoms with Crippen molar-refractivity contribution >= 4 is 11.3 Å². The van der Waals surface area contributed by atoms with Crippen LogP contribution in [0.4, 0.5) is 0 Å². The third kappa shape index (κ3) is 5.61. The molecule has 0 aliphatic carbocycles. The average molecular weight is 256 g/mol. The van der Waals surface area contributed by atoms with Crippen LogP contribution >= 0.6 is 11.3 Å². The highest BCUT2D eigenvalue weighted by atomic mass is 32.1. The number of thiazole rings is 1. The maximum Gasteiger partial charge on any atom is 0.0925 e. The van der Waals surface area contributed by atoms with Gasteiger partial charge in [-0.15, -0.1) is 11.3 Å². The second kappa shape index (κ2) is 8.61. The molecule has 0 fully saturated rings. The summed E-state index contributed by atoms with van der Waals surface area (Å²) in [5.41, 5.74) is 0. The zero-order valence-corrected chi connectivity index (χ0v) is 11.7. The van der Waals surface area contributed by atoms with Gasteiger partial charge in [0.15, 0.2) is 0 Å². The highest BCUT2D eigenvalue weighted by molar-refractivity contribution is 7.11. The Balaban J connectivity index is 2.24. The van der Waals surface area contributed by atoms with E-state index in [2.05, 4.69) is 24.1 Å². The van der Waals surface area contributed by atoms with Crippen molar-refractivity contribution in [1.29, 1.82) is 0 Å². The Kier molecular flexibility index (Phi) is 7.40. The minimum Gasteiger partial charge on any atom is -0.396 e. The van der Waals surface area contributed by atoms with E-state index < -0.39 is 0 Å². The average Bonchev–Trinajstić information content (AvgIpc) is 2.77. The first kappa shape index (κ1) is 14.6. The molecule has 4 heteroatoms. The van der Waals surface area contributed by atoms with Gasteiger partial charge in [-0.05, 0) is 31.7 Å². The quantitative estimate of drug-likeness (QED) is 0.714. The molecule has 0 bridgehead atoms. The Morgan fingerprint density at radius 3 is 2.82 bits per heavy atom. The van der Waals surface area contributed by atoms with Crippen LogP contribution in [0.15, 0.2) is 6.20 Å². The molecule has 0 spiro atoms. The van der Waals surface area contributed by atoms with E-state index in [1.807, 2.05) is 6.20 Å². The maximum atomic E-state index is 8.98. The summed E-state index contributed by atoms with van der Waals surface area (Å²) in [6.07, 6.45) is 6.28. The molecule has 0 aliphatic rings. The number of nitrogens with one attached hydrogen (secondary N) is 1. The Bertz CT molecular complexity index is 295. The molecule has 1 rings (SSSR count). The largest absolute Gasteiger partial charge is 0.396 e. The van der Waals surface area contributed by atoms with E-state index >= 15 is 0 Å². The lowest BCUT2D eigenvalue weighted by molar-refractivity contribution is 0.248. The van der Waals surface area contributed by atoms with E-state index in [0.717, 1.165) is 25.9 Å². The van der Waals surface area contributed by atoms with E-state index in [1.165, 1.54) is 22.7 Å². The zero-order chi connectivity index (χ0) is 12.5. The van der Waals surface area contributed by atoms with E-state index in [0.29, 0.717) is 12.5 Å². The summed E-state index contributed by atoms with van der Waals surface area (Å²) in [5.74, 6) is 0.601. The molecule has 2 N–H and O–H groups in total. The van der Waals surface area contributed by atoms with Gasteiger partial charge in [0.25, 0.3) is 0 Å². The van der Waals surface area contributed by atoms with Crippen LogP contribution in [0.2, 0.25) is 0 Å². The third-order valence-electron chi connectivity index (χ3n) is 2.87. The van der Waals surface area contributed by atoms with E-state index in [9.17, 15) is 0 Å². The fourth-order valence-corrected chi connectivity index (χ4v) is 2.76. The van der Waals surface area contributed by atoms with Crippen LogP contribution in [0.3, 0.4) is 0 Å². The lowest BCUT2D eigenvalue weighted by Crippen LogP contribution is -2.22. The Morgan fingerprint density at radius 2 is 2.24 bits per heavy atom. The second-order valence-electron chi connectivity index (χ2n) is 4.37. The summed E-state index contributed by atoms with van der Waals surface area (Å²) < 4.78 is 0. The smallest absolute Gasteiger partial charge is 0.0925 e. The van der Waals surface area contributed by atoms with Gasteiger partial charge in [-0.2, -0.15) is 0 Å². The van der Waals surface area contributed by atoms with Gasteiger partial charge < -0.3 is 10.4 Å². The van der Waals surface area contributed by atoms with Gasteiger partial charge in [0, 0.05) is 24.2 Å². The number of nitrogens with zero attached hydrogens (tertiary/aromatic N) is 1.